The predicted molar refractivity (Wildman–Crippen MR) is 105 cm³/mol. The van der Waals surface area contributed by atoms with Crippen molar-refractivity contribution in [2.45, 2.75) is 45.6 Å². The van der Waals surface area contributed by atoms with Crippen LogP contribution in [0, 0.1) is 5.41 Å². The second-order valence-electron chi connectivity index (χ2n) is 8.14. The Bertz CT molecular complexity index is 823. The van der Waals surface area contributed by atoms with E-state index in [0.29, 0.717) is 38.0 Å². The molecule has 0 saturated carbocycles. The molecule has 156 valence electrons. The molecule has 1 aromatic carbocycles. The molecule has 0 aromatic heterocycles. The zero-order chi connectivity index (χ0) is 21.0. The number of benzene rings is 1. The molecule has 1 heterocycles. The molecule has 2 rings (SSSR count). The van der Waals surface area contributed by atoms with Crippen LogP contribution in [0.15, 0.2) is 24.3 Å². The summed E-state index contributed by atoms with van der Waals surface area (Å²) < 4.78 is 35.5. The Kier molecular flexibility index (Phi) is 6.71. The van der Waals surface area contributed by atoms with Gasteiger partial charge in [0, 0.05) is 5.69 Å². The molecule has 8 nitrogen and oxygen atoms in total. The van der Waals surface area contributed by atoms with Crippen molar-refractivity contribution < 1.29 is 27.5 Å². The lowest BCUT2D eigenvalue weighted by Crippen LogP contribution is -2.45. The molecule has 9 heteroatoms. The Balaban J connectivity index is 2.20. The maximum Gasteiger partial charge on any atom is 0.516 e. The van der Waals surface area contributed by atoms with E-state index in [4.69, 9.17) is 9.47 Å². The van der Waals surface area contributed by atoms with E-state index in [-0.39, 0.29) is 0 Å². The molecule has 0 unspecified atom stereocenters. The van der Waals surface area contributed by atoms with Crippen LogP contribution in [0.3, 0.4) is 0 Å². The predicted octanol–water partition coefficient (Wildman–Crippen LogP) is 2.45. The van der Waals surface area contributed by atoms with E-state index in [1.54, 1.807) is 39.0 Å². The van der Waals surface area contributed by atoms with E-state index >= 15 is 0 Å². The average molecular weight is 413 g/mol. The molecule has 1 aliphatic rings. The van der Waals surface area contributed by atoms with E-state index in [1.165, 1.54) is 0 Å². The molecule has 0 aliphatic carbocycles. The summed E-state index contributed by atoms with van der Waals surface area (Å²) in [6, 6.07) is 6.86. The number of piperidine rings is 1. The second-order valence-corrected chi connectivity index (χ2v) is 9.88. The minimum atomic E-state index is -3.40. The van der Waals surface area contributed by atoms with E-state index in [1.807, 2.05) is 6.07 Å². The number of hydrogen-bond donors (Lipinski definition) is 2. The Morgan fingerprint density at radius 1 is 1.21 bits per heavy atom. The third kappa shape index (κ3) is 6.79. The van der Waals surface area contributed by atoms with Gasteiger partial charge in [-0.15, -0.1) is 0 Å². The van der Waals surface area contributed by atoms with Crippen molar-refractivity contribution in [3.05, 3.63) is 29.8 Å². The van der Waals surface area contributed by atoms with Crippen molar-refractivity contribution >= 4 is 27.8 Å². The molecule has 1 saturated heterocycles. The van der Waals surface area contributed by atoms with Gasteiger partial charge in [0.2, 0.25) is 10.0 Å². The number of esters is 1. The van der Waals surface area contributed by atoms with E-state index in [9.17, 15) is 18.0 Å². The number of anilines is 1. The normalized spacial score (nSPS) is 16.9. The summed E-state index contributed by atoms with van der Waals surface area (Å²) >= 11 is 0. The highest BCUT2D eigenvalue weighted by Gasteiger charge is 2.42. The fourth-order valence-electron chi connectivity index (χ4n) is 3.16. The lowest BCUT2D eigenvalue weighted by atomic mass is 9.74. The van der Waals surface area contributed by atoms with Gasteiger partial charge in [-0.2, -0.15) is 0 Å². The van der Waals surface area contributed by atoms with Crippen LogP contribution in [0.4, 0.5) is 10.5 Å². The molecule has 0 spiro atoms. The van der Waals surface area contributed by atoms with Crippen molar-refractivity contribution in [2.75, 3.05) is 24.1 Å². The average Bonchev–Trinajstić information content (AvgIpc) is 2.52. The van der Waals surface area contributed by atoms with Gasteiger partial charge in [0.1, 0.15) is 5.60 Å². The van der Waals surface area contributed by atoms with Crippen LogP contribution >= 0.6 is 0 Å². The molecule has 1 aromatic rings. The van der Waals surface area contributed by atoms with Crippen LogP contribution in [0.5, 0.6) is 0 Å². The van der Waals surface area contributed by atoms with Gasteiger partial charge in [0.05, 0.1) is 11.7 Å². The standard InChI is InChI=1S/C19H28N2O6S/c1-18(2,3)27-17(23)26-16(22)19(8-10-20-11-9-19)13-14-6-5-7-15(12-14)21-28(4,24)25/h5-7,12,20-21H,8-11,13H2,1-4H3. The number of nitrogens with one attached hydrogen (secondary N) is 2. The summed E-state index contributed by atoms with van der Waals surface area (Å²) in [6.07, 6.45) is 1.39. The van der Waals surface area contributed by atoms with Gasteiger partial charge in [-0.25, -0.2) is 13.2 Å². The molecular formula is C19H28N2O6S. The SMILES string of the molecule is CC(C)(C)OC(=O)OC(=O)C1(Cc2cccc(NS(C)(=O)=O)c2)CCNCC1. The number of ether oxygens (including phenoxy) is 2. The van der Waals surface area contributed by atoms with Crippen molar-refractivity contribution in [3.8, 4) is 0 Å². The van der Waals surface area contributed by atoms with Gasteiger partial charge < -0.3 is 14.8 Å². The van der Waals surface area contributed by atoms with Crippen LogP contribution in [0.25, 0.3) is 0 Å². The molecular weight excluding hydrogens is 384 g/mol. The molecule has 0 radical (unpaired) electrons. The topological polar surface area (TPSA) is 111 Å². The number of carbonyl (C=O) groups excluding carboxylic acids is 2. The van der Waals surface area contributed by atoms with E-state index in [2.05, 4.69) is 10.0 Å². The number of sulfonamides is 1. The maximum absolute atomic E-state index is 12.9. The fourth-order valence-corrected chi connectivity index (χ4v) is 3.72. The van der Waals surface area contributed by atoms with Crippen LogP contribution in [-0.2, 0) is 30.7 Å². The van der Waals surface area contributed by atoms with Crippen molar-refractivity contribution in [3.63, 3.8) is 0 Å². The first kappa shape index (κ1) is 22.2. The molecule has 0 bridgehead atoms. The van der Waals surface area contributed by atoms with Crippen LogP contribution in [0.2, 0.25) is 0 Å². The number of rotatable bonds is 5. The van der Waals surface area contributed by atoms with Gasteiger partial charge in [-0.1, -0.05) is 12.1 Å². The second kappa shape index (κ2) is 8.48. The summed E-state index contributed by atoms with van der Waals surface area (Å²) in [5.41, 5.74) is -0.447. The zero-order valence-electron chi connectivity index (χ0n) is 16.7. The minimum absolute atomic E-state index is 0.329. The van der Waals surface area contributed by atoms with Gasteiger partial charge in [-0.05, 0) is 70.8 Å². The zero-order valence-corrected chi connectivity index (χ0v) is 17.5. The van der Waals surface area contributed by atoms with Crippen LogP contribution in [-0.4, -0.2) is 45.5 Å². The monoisotopic (exact) mass is 412 g/mol. The van der Waals surface area contributed by atoms with Gasteiger partial charge in [0.25, 0.3) is 0 Å². The third-order valence-electron chi connectivity index (χ3n) is 4.33. The third-order valence-corrected chi connectivity index (χ3v) is 4.94. The Hall–Kier alpha value is -2.13. The van der Waals surface area contributed by atoms with Gasteiger partial charge in [-0.3, -0.25) is 9.52 Å². The summed E-state index contributed by atoms with van der Waals surface area (Å²) in [4.78, 5) is 24.8. The van der Waals surface area contributed by atoms with Crippen LogP contribution < -0.4 is 10.0 Å². The molecule has 0 atom stereocenters. The number of hydrogen-bond acceptors (Lipinski definition) is 7. The van der Waals surface area contributed by atoms with E-state index < -0.39 is 33.2 Å². The van der Waals surface area contributed by atoms with E-state index in [0.717, 1.165) is 11.8 Å². The Morgan fingerprint density at radius 3 is 2.43 bits per heavy atom. The Labute approximate surface area is 166 Å². The van der Waals surface area contributed by atoms with Crippen molar-refractivity contribution in [1.29, 1.82) is 0 Å². The fraction of sp³-hybridized carbons (Fsp3) is 0.579. The van der Waals surface area contributed by atoms with Crippen molar-refractivity contribution in [2.24, 2.45) is 5.41 Å². The van der Waals surface area contributed by atoms with Crippen LogP contribution in [0.1, 0.15) is 39.2 Å². The highest BCUT2D eigenvalue weighted by molar-refractivity contribution is 7.92. The summed E-state index contributed by atoms with van der Waals surface area (Å²) in [5.74, 6) is -0.621. The first-order chi connectivity index (χ1) is 12.9. The van der Waals surface area contributed by atoms with Gasteiger partial charge >= 0.3 is 12.1 Å². The molecule has 1 aliphatic heterocycles. The minimum Gasteiger partial charge on any atom is -0.428 e. The lowest BCUT2D eigenvalue weighted by molar-refractivity contribution is -0.155. The largest absolute Gasteiger partial charge is 0.516 e. The number of carbonyl (C=O) groups is 2. The van der Waals surface area contributed by atoms with Crippen molar-refractivity contribution in [1.82, 2.24) is 5.32 Å². The summed E-state index contributed by atoms with van der Waals surface area (Å²) in [7, 11) is -3.40. The summed E-state index contributed by atoms with van der Waals surface area (Å²) in [5, 5.41) is 3.20. The first-order valence-electron chi connectivity index (χ1n) is 9.11. The van der Waals surface area contributed by atoms with Gasteiger partial charge in [0.15, 0.2) is 0 Å². The highest BCUT2D eigenvalue weighted by Crippen LogP contribution is 2.35. The lowest BCUT2D eigenvalue weighted by Gasteiger charge is -2.35. The molecule has 2 N–H and O–H groups in total. The summed E-state index contributed by atoms with van der Waals surface area (Å²) in [6.45, 7) is 6.31. The quantitative estimate of drug-likeness (QED) is 0.564. The first-order valence-corrected chi connectivity index (χ1v) is 11.0. The molecule has 0 amide bonds. The smallest absolute Gasteiger partial charge is 0.428 e. The maximum atomic E-state index is 12.9. The molecule has 1 fully saturated rings. The highest BCUT2D eigenvalue weighted by atomic mass is 32.2. The Morgan fingerprint density at radius 2 is 1.86 bits per heavy atom. The molecule has 28 heavy (non-hydrogen) atoms.